The summed E-state index contributed by atoms with van der Waals surface area (Å²) in [6.45, 7) is 0. The first kappa shape index (κ1) is 9.96. The van der Waals surface area contributed by atoms with E-state index in [0.29, 0.717) is 31.0 Å². The molecule has 2 nitrogen and oxygen atoms in total. The van der Waals surface area contributed by atoms with E-state index in [1.165, 1.54) is 12.8 Å². The molecule has 0 spiro atoms. The fourth-order valence-electron chi connectivity index (χ4n) is 1.44. The number of alkyl halides is 1. The van der Waals surface area contributed by atoms with Gasteiger partial charge in [-0.15, -0.1) is 0 Å². The van der Waals surface area contributed by atoms with E-state index in [1.807, 2.05) is 0 Å². The summed E-state index contributed by atoms with van der Waals surface area (Å²) in [4.78, 5) is 11.5. The van der Waals surface area contributed by atoms with Crippen LogP contribution in [0.2, 0.25) is 0 Å². The molecule has 0 aliphatic heterocycles. The van der Waals surface area contributed by atoms with E-state index in [9.17, 15) is 4.79 Å². The van der Waals surface area contributed by atoms with Crippen LogP contribution in [0, 0.1) is 5.92 Å². The average molecular weight is 410 g/mol. The van der Waals surface area contributed by atoms with E-state index < -0.39 is 0 Å². The van der Waals surface area contributed by atoms with E-state index in [2.05, 4.69) is 15.9 Å². The second-order valence-corrected chi connectivity index (χ2v) is 4.94. The van der Waals surface area contributed by atoms with E-state index in [-0.39, 0.29) is 11.9 Å². The summed E-state index contributed by atoms with van der Waals surface area (Å²) < 4.78 is 4.86. The van der Waals surface area contributed by atoms with Gasteiger partial charge in [-0.05, 0) is 0 Å². The topological polar surface area (TPSA) is 26.3 Å². The first-order valence-electron chi connectivity index (χ1n) is 3.80. The van der Waals surface area contributed by atoms with Crippen LogP contribution in [0.3, 0.4) is 0 Å². The van der Waals surface area contributed by atoms with Crippen LogP contribution in [0.15, 0.2) is 0 Å². The molecular weight excluding hydrogens is 400 g/mol. The van der Waals surface area contributed by atoms with Crippen LogP contribution in [0.25, 0.3) is 0 Å². The molecule has 1 aliphatic carbocycles. The number of rotatable bonds is 1. The third-order valence-electron chi connectivity index (χ3n) is 2.10. The Balaban J connectivity index is 2.47. The van der Waals surface area contributed by atoms with Gasteiger partial charge in [-0.3, -0.25) is 0 Å². The molecule has 0 aromatic heterocycles. The predicted molar refractivity (Wildman–Crippen MR) is 46.5 cm³/mol. The minimum atomic E-state index is 0.0107. The molecule has 1 rings (SSSR count). The molecule has 0 heterocycles. The fraction of sp³-hybridized carbons (Fsp3) is 0.857. The van der Waals surface area contributed by atoms with Crippen LogP contribution in [-0.4, -0.2) is 37.0 Å². The molecule has 1 fully saturated rings. The number of carbonyl (C=O) groups is 1. The van der Waals surface area contributed by atoms with Crippen molar-refractivity contribution in [3.05, 3.63) is 0 Å². The van der Waals surface area contributed by atoms with Crippen molar-refractivity contribution in [3.8, 4) is 0 Å². The monoisotopic (exact) mass is 410 g/mol. The Morgan fingerprint density at radius 2 is 2.09 bits per heavy atom. The number of carbonyl (C=O) groups excluding carboxylic acids is 1. The number of halogens is 1. The van der Waals surface area contributed by atoms with Crippen molar-refractivity contribution in [1.29, 1.82) is 0 Å². The summed E-state index contributed by atoms with van der Waals surface area (Å²) >= 11 is 3.86. The average Bonchev–Trinajstić information content (AvgIpc) is 2.04. The third kappa shape index (κ3) is 2.68. The normalized spacial score (nSPS) is 31.3. The molecule has 1 saturated carbocycles. The van der Waals surface area contributed by atoms with Gasteiger partial charge in [0.15, 0.2) is 0 Å². The molecule has 0 saturated heterocycles. The van der Waals surface area contributed by atoms with Crippen molar-refractivity contribution in [3.63, 3.8) is 0 Å². The summed E-state index contributed by atoms with van der Waals surface area (Å²) in [7, 11) is 0. The van der Waals surface area contributed by atoms with Crippen LogP contribution < -0.4 is 0 Å². The Morgan fingerprint density at radius 3 is 2.64 bits per heavy atom. The van der Waals surface area contributed by atoms with Gasteiger partial charge >= 0.3 is 92.0 Å². The van der Waals surface area contributed by atoms with Crippen molar-refractivity contribution in [1.82, 2.24) is 0 Å². The first-order valence-corrected chi connectivity index (χ1v) is 6.55. The van der Waals surface area contributed by atoms with Crippen LogP contribution in [-0.2, 0) is 7.48 Å². The molecule has 0 aromatic rings. The summed E-state index contributed by atoms with van der Waals surface area (Å²) in [5, 5.41) is 0. The first-order chi connectivity index (χ1) is 5.25. The van der Waals surface area contributed by atoms with E-state index >= 15 is 0 Å². The maximum atomic E-state index is 11.2. The molecule has 0 N–H and O–H groups in total. The molecule has 0 amide bonds. The molecule has 0 bridgehead atoms. The van der Waals surface area contributed by atoms with Gasteiger partial charge in [-0.1, -0.05) is 0 Å². The Labute approximate surface area is 91.5 Å². The van der Waals surface area contributed by atoms with Gasteiger partial charge in [0.05, 0.1) is 0 Å². The van der Waals surface area contributed by atoms with Crippen molar-refractivity contribution in [2.75, 3.05) is 0 Å². The summed E-state index contributed by atoms with van der Waals surface area (Å²) in [5.41, 5.74) is 0. The van der Waals surface area contributed by atoms with Crippen LogP contribution in [0.4, 0.5) is 0 Å². The standard InChI is InChI=1S/C7H11BrO2.Tl/c8-6-4-2-1-3-5(6)7(9)10;/h5-6H,1-4H2,(H,9,10);/q;+1/p-1. The Morgan fingerprint density at radius 1 is 1.45 bits per heavy atom. The summed E-state index contributed by atoms with van der Waals surface area (Å²) in [5.74, 6) is 0.144. The summed E-state index contributed by atoms with van der Waals surface area (Å²) in [6, 6.07) is 0. The SMILES string of the molecule is O=C([O][Tl])C1CCCCC1Br. The molecule has 4 heteroatoms. The summed E-state index contributed by atoms with van der Waals surface area (Å²) in [6.07, 6.45) is 4.53. The van der Waals surface area contributed by atoms with Gasteiger partial charge in [0.2, 0.25) is 0 Å². The van der Waals surface area contributed by atoms with E-state index in [0.717, 1.165) is 12.8 Å². The van der Waals surface area contributed by atoms with E-state index in [4.69, 9.17) is 2.69 Å². The molecule has 0 aromatic carbocycles. The fourth-order valence-corrected chi connectivity index (χ4v) is 2.92. The zero-order chi connectivity index (χ0) is 8.27. The zero-order valence-corrected chi connectivity index (χ0v) is 12.3. The second-order valence-electron chi connectivity index (χ2n) is 2.84. The maximum absolute atomic E-state index is 11.2. The molecule has 2 unspecified atom stereocenters. The zero-order valence-electron chi connectivity index (χ0n) is 6.25. The van der Waals surface area contributed by atoms with Crippen LogP contribution in [0.1, 0.15) is 25.7 Å². The minimum absolute atomic E-state index is 0.0107. The van der Waals surface area contributed by atoms with Gasteiger partial charge in [0, 0.05) is 0 Å². The molecular formula is C7H10BrO2Tl. The number of hydrogen-bond donors (Lipinski definition) is 0. The van der Waals surface area contributed by atoms with Gasteiger partial charge < -0.3 is 0 Å². The van der Waals surface area contributed by atoms with Crippen molar-refractivity contribution in [2.45, 2.75) is 30.5 Å². The predicted octanol–water partition coefficient (Wildman–Crippen LogP) is 1.57. The van der Waals surface area contributed by atoms with Gasteiger partial charge in [-0.2, -0.15) is 0 Å². The number of hydrogen-bond acceptors (Lipinski definition) is 2. The van der Waals surface area contributed by atoms with Gasteiger partial charge in [0.25, 0.3) is 0 Å². The molecule has 1 aliphatic rings. The van der Waals surface area contributed by atoms with Crippen LogP contribution in [0.5, 0.6) is 0 Å². The third-order valence-corrected chi connectivity index (χ3v) is 4.10. The Bertz CT molecular complexity index is 151. The van der Waals surface area contributed by atoms with Crippen molar-refractivity contribution in [2.24, 2.45) is 5.92 Å². The quantitative estimate of drug-likeness (QED) is 0.485. The second kappa shape index (κ2) is 4.79. The molecule has 2 atom stereocenters. The van der Waals surface area contributed by atoms with Gasteiger partial charge in [0.1, 0.15) is 0 Å². The Hall–Kier alpha value is 0.872. The Kier molecular flexibility index (Phi) is 4.34. The van der Waals surface area contributed by atoms with Crippen molar-refractivity contribution < 1.29 is 7.48 Å². The van der Waals surface area contributed by atoms with E-state index in [1.54, 1.807) is 0 Å². The van der Waals surface area contributed by atoms with Crippen LogP contribution >= 0.6 is 15.9 Å². The molecule has 0 radical (unpaired) electrons. The molecule has 60 valence electrons. The van der Waals surface area contributed by atoms with Gasteiger partial charge in [-0.25, -0.2) is 0 Å². The van der Waals surface area contributed by atoms with Crippen molar-refractivity contribution >= 4 is 48.1 Å². The molecule has 11 heavy (non-hydrogen) atoms.